The van der Waals surface area contributed by atoms with Crippen molar-refractivity contribution in [3.8, 4) is 0 Å². The molecule has 2 N–H and O–H groups in total. The van der Waals surface area contributed by atoms with Crippen LogP contribution in [0.15, 0.2) is 29.2 Å². The summed E-state index contributed by atoms with van der Waals surface area (Å²) in [6, 6.07) is 5.78. The molecule has 0 aliphatic carbocycles. The number of nitrogens with one attached hydrogen (secondary N) is 2. The number of rotatable bonds is 4. The van der Waals surface area contributed by atoms with Gasteiger partial charge in [0.25, 0.3) is 10.0 Å². The smallest absolute Gasteiger partial charge is 0.260 e. The number of nitrogens with zero attached hydrogens (tertiary/aromatic N) is 2. The summed E-state index contributed by atoms with van der Waals surface area (Å²) in [7, 11) is -2.17. The van der Waals surface area contributed by atoms with Crippen LogP contribution in [0.25, 0.3) is 0 Å². The number of sulfonamides is 1. The Balaban J connectivity index is 2.27. The second-order valence-corrected chi connectivity index (χ2v) is 5.95. The number of hydrogen-bond donors (Lipinski definition) is 2. The summed E-state index contributed by atoms with van der Waals surface area (Å²) in [5.74, 6) is -0.546. The molecular formula is C12H15FN4O2S. The number of anilines is 1. The fourth-order valence-corrected chi connectivity index (χ4v) is 3.18. The summed E-state index contributed by atoms with van der Waals surface area (Å²) in [6.45, 7) is 3.25. The summed E-state index contributed by atoms with van der Waals surface area (Å²) in [6.07, 6.45) is 0. The molecule has 2 rings (SSSR count). The zero-order valence-electron chi connectivity index (χ0n) is 11.3. The van der Waals surface area contributed by atoms with Crippen LogP contribution in [0.1, 0.15) is 11.4 Å². The third kappa shape index (κ3) is 2.66. The largest absolute Gasteiger partial charge is 0.305 e. The number of halogens is 1. The topological polar surface area (TPSA) is 76.0 Å². The van der Waals surface area contributed by atoms with E-state index in [0.717, 1.165) is 0 Å². The van der Waals surface area contributed by atoms with Crippen molar-refractivity contribution in [2.75, 3.05) is 5.43 Å². The van der Waals surface area contributed by atoms with E-state index >= 15 is 0 Å². The molecule has 8 heteroatoms. The van der Waals surface area contributed by atoms with Crippen molar-refractivity contribution < 1.29 is 12.8 Å². The van der Waals surface area contributed by atoms with E-state index in [0.29, 0.717) is 11.4 Å². The van der Waals surface area contributed by atoms with E-state index in [1.54, 1.807) is 27.0 Å². The normalized spacial score (nSPS) is 11.6. The molecule has 108 valence electrons. The van der Waals surface area contributed by atoms with Gasteiger partial charge in [0.05, 0.1) is 17.1 Å². The standard InChI is InChI=1S/C12H15FN4O2S/c1-8-12(9(2)17(3)15-8)20(18,19)16-14-11-7-5-4-6-10(11)13/h4-7,14,16H,1-3H3. The lowest BCUT2D eigenvalue weighted by Gasteiger charge is -2.10. The van der Waals surface area contributed by atoms with E-state index in [4.69, 9.17) is 0 Å². The third-order valence-electron chi connectivity index (χ3n) is 2.91. The Hall–Kier alpha value is -1.93. The lowest BCUT2D eigenvalue weighted by molar-refractivity contribution is 0.585. The first-order valence-electron chi connectivity index (χ1n) is 5.85. The maximum absolute atomic E-state index is 13.4. The lowest BCUT2D eigenvalue weighted by Crippen LogP contribution is -2.30. The summed E-state index contributed by atoms with van der Waals surface area (Å²) >= 11 is 0. The molecule has 1 aromatic heterocycles. The zero-order chi connectivity index (χ0) is 14.9. The van der Waals surface area contributed by atoms with E-state index in [1.807, 2.05) is 0 Å². The summed E-state index contributed by atoms with van der Waals surface area (Å²) < 4.78 is 39.3. The Kier molecular flexibility index (Phi) is 3.78. The van der Waals surface area contributed by atoms with Gasteiger partial charge in [-0.25, -0.2) is 12.8 Å². The molecule has 0 saturated heterocycles. The Bertz CT molecular complexity index is 740. The molecule has 1 heterocycles. The van der Waals surface area contributed by atoms with Gasteiger partial charge in [-0.1, -0.05) is 12.1 Å². The van der Waals surface area contributed by atoms with E-state index in [1.165, 1.54) is 22.9 Å². The Morgan fingerprint density at radius 2 is 1.90 bits per heavy atom. The minimum Gasteiger partial charge on any atom is -0.305 e. The van der Waals surface area contributed by atoms with Crippen LogP contribution in [-0.4, -0.2) is 18.2 Å². The quantitative estimate of drug-likeness (QED) is 0.838. The van der Waals surface area contributed by atoms with Crippen molar-refractivity contribution in [2.45, 2.75) is 18.7 Å². The predicted octanol–water partition coefficient (Wildman–Crippen LogP) is 1.48. The molecule has 0 aliphatic heterocycles. The molecule has 0 spiro atoms. The van der Waals surface area contributed by atoms with Crippen LogP contribution in [0.3, 0.4) is 0 Å². The van der Waals surface area contributed by atoms with Gasteiger partial charge >= 0.3 is 0 Å². The summed E-state index contributed by atoms with van der Waals surface area (Å²) in [5.41, 5.74) is 3.30. The monoisotopic (exact) mass is 298 g/mol. The highest BCUT2D eigenvalue weighted by atomic mass is 32.2. The fourth-order valence-electron chi connectivity index (χ4n) is 1.88. The minimum absolute atomic E-state index is 0.0512. The average Bonchev–Trinajstić information content (AvgIpc) is 2.62. The van der Waals surface area contributed by atoms with Gasteiger partial charge in [-0.15, -0.1) is 4.83 Å². The Morgan fingerprint density at radius 3 is 2.45 bits per heavy atom. The van der Waals surface area contributed by atoms with Crippen LogP contribution in [0.4, 0.5) is 10.1 Å². The first-order chi connectivity index (χ1) is 9.33. The van der Waals surface area contributed by atoms with Crippen molar-refractivity contribution >= 4 is 15.7 Å². The maximum Gasteiger partial charge on any atom is 0.260 e. The minimum atomic E-state index is -3.83. The van der Waals surface area contributed by atoms with Crippen molar-refractivity contribution in [3.05, 3.63) is 41.5 Å². The van der Waals surface area contributed by atoms with Gasteiger partial charge in [0.1, 0.15) is 10.7 Å². The highest BCUT2D eigenvalue weighted by Gasteiger charge is 2.23. The predicted molar refractivity (Wildman–Crippen MR) is 73.0 cm³/mol. The molecule has 20 heavy (non-hydrogen) atoms. The van der Waals surface area contributed by atoms with E-state index in [9.17, 15) is 12.8 Å². The van der Waals surface area contributed by atoms with Crippen LogP contribution >= 0.6 is 0 Å². The molecule has 0 fully saturated rings. The SMILES string of the molecule is Cc1nn(C)c(C)c1S(=O)(=O)NNc1ccccc1F. The Labute approximate surface area is 116 Å². The zero-order valence-corrected chi connectivity index (χ0v) is 12.1. The number of hydrogen-bond acceptors (Lipinski definition) is 4. The van der Waals surface area contributed by atoms with Gasteiger partial charge in [-0.05, 0) is 26.0 Å². The number of para-hydroxylation sites is 1. The maximum atomic E-state index is 13.4. The third-order valence-corrected chi connectivity index (χ3v) is 4.40. The number of aryl methyl sites for hydroxylation is 2. The van der Waals surface area contributed by atoms with Crippen LogP contribution < -0.4 is 10.3 Å². The molecule has 2 aromatic rings. The van der Waals surface area contributed by atoms with Crippen LogP contribution in [0.5, 0.6) is 0 Å². The van der Waals surface area contributed by atoms with Gasteiger partial charge in [0, 0.05) is 7.05 Å². The molecule has 0 radical (unpaired) electrons. The molecule has 0 amide bonds. The number of hydrazine groups is 1. The van der Waals surface area contributed by atoms with Gasteiger partial charge < -0.3 is 5.43 Å². The molecule has 6 nitrogen and oxygen atoms in total. The van der Waals surface area contributed by atoms with E-state index in [-0.39, 0.29) is 10.6 Å². The van der Waals surface area contributed by atoms with Crippen molar-refractivity contribution in [1.82, 2.24) is 14.6 Å². The van der Waals surface area contributed by atoms with Crippen LogP contribution in [-0.2, 0) is 17.1 Å². The van der Waals surface area contributed by atoms with Gasteiger partial charge in [-0.2, -0.15) is 5.10 Å². The average molecular weight is 298 g/mol. The van der Waals surface area contributed by atoms with Crippen molar-refractivity contribution in [2.24, 2.45) is 7.05 Å². The van der Waals surface area contributed by atoms with Gasteiger partial charge in [0.2, 0.25) is 0 Å². The molecule has 0 unspecified atom stereocenters. The summed E-state index contributed by atoms with van der Waals surface area (Å²) in [5, 5.41) is 4.05. The number of aromatic nitrogens is 2. The first-order valence-corrected chi connectivity index (χ1v) is 7.34. The molecule has 0 bridgehead atoms. The molecule has 0 saturated carbocycles. The lowest BCUT2D eigenvalue weighted by atomic mass is 10.3. The highest BCUT2D eigenvalue weighted by molar-refractivity contribution is 7.89. The summed E-state index contributed by atoms with van der Waals surface area (Å²) in [4.78, 5) is 2.24. The van der Waals surface area contributed by atoms with Gasteiger partial charge in [-0.3, -0.25) is 4.68 Å². The van der Waals surface area contributed by atoms with E-state index < -0.39 is 15.8 Å². The fraction of sp³-hybridized carbons (Fsp3) is 0.250. The van der Waals surface area contributed by atoms with Crippen LogP contribution in [0, 0.1) is 19.7 Å². The van der Waals surface area contributed by atoms with Crippen LogP contribution in [0.2, 0.25) is 0 Å². The van der Waals surface area contributed by atoms with Crippen molar-refractivity contribution in [3.63, 3.8) is 0 Å². The Morgan fingerprint density at radius 1 is 1.25 bits per heavy atom. The van der Waals surface area contributed by atoms with Crippen molar-refractivity contribution in [1.29, 1.82) is 0 Å². The second kappa shape index (κ2) is 5.22. The second-order valence-electron chi connectivity index (χ2n) is 4.33. The van der Waals surface area contributed by atoms with E-state index in [2.05, 4.69) is 15.4 Å². The molecule has 0 aliphatic rings. The number of benzene rings is 1. The molecule has 1 aromatic carbocycles. The molecular weight excluding hydrogens is 283 g/mol. The highest BCUT2D eigenvalue weighted by Crippen LogP contribution is 2.19. The molecule has 0 atom stereocenters. The first kappa shape index (κ1) is 14.5. The van der Waals surface area contributed by atoms with Gasteiger partial charge in [0.15, 0.2) is 0 Å².